The zero-order chi connectivity index (χ0) is 18.0. The minimum atomic E-state index is -0.715. The summed E-state index contributed by atoms with van der Waals surface area (Å²) in [4.78, 5) is 28.2. The van der Waals surface area contributed by atoms with E-state index in [-0.39, 0.29) is 29.3 Å². The van der Waals surface area contributed by atoms with E-state index in [1.54, 1.807) is 6.20 Å². The van der Waals surface area contributed by atoms with Crippen LogP contribution in [0.3, 0.4) is 0 Å². The zero-order valence-corrected chi connectivity index (χ0v) is 13.4. The Hall–Kier alpha value is -3.54. The van der Waals surface area contributed by atoms with Crippen molar-refractivity contribution >= 4 is 33.8 Å². The molecule has 2 heterocycles. The molecule has 26 heavy (non-hydrogen) atoms. The van der Waals surface area contributed by atoms with E-state index in [2.05, 4.69) is 4.98 Å². The second-order valence-electron chi connectivity index (χ2n) is 6.45. The smallest absolute Gasteiger partial charge is 0.339 e. The van der Waals surface area contributed by atoms with E-state index in [1.165, 1.54) is 6.07 Å². The highest BCUT2D eigenvalue weighted by Gasteiger charge is 2.43. The van der Waals surface area contributed by atoms with Gasteiger partial charge in [0.25, 0.3) is 0 Å². The third-order valence-corrected chi connectivity index (χ3v) is 4.95. The molecule has 1 aliphatic heterocycles. The lowest BCUT2D eigenvalue weighted by Crippen LogP contribution is -2.23. The van der Waals surface area contributed by atoms with Crippen LogP contribution in [0.4, 0.5) is 0 Å². The second-order valence-corrected chi connectivity index (χ2v) is 6.45. The monoisotopic (exact) mass is 347 g/mol. The Morgan fingerprint density at radius 2 is 1.88 bits per heavy atom. The summed E-state index contributed by atoms with van der Waals surface area (Å²) in [7, 11) is 0. The number of para-hydroxylation sites is 1. The molecule has 0 fully saturated rings. The topological polar surface area (TPSA) is 99.6 Å². The molecule has 1 aromatic heterocycles. The van der Waals surface area contributed by atoms with Gasteiger partial charge >= 0.3 is 5.97 Å². The number of benzene rings is 2. The van der Waals surface area contributed by atoms with Gasteiger partial charge in [0.2, 0.25) is 0 Å². The second kappa shape index (κ2) is 4.98. The molecule has 3 aromatic rings. The van der Waals surface area contributed by atoms with Gasteiger partial charge in [-0.05, 0) is 12.1 Å². The van der Waals surface area contributed by atoms with Crippen LogP contribution < -0.4 is 0 Å². The van der Waals surface area contributed by atoms with Crippen LogP contribution in [0.5, 0.6) is 11.5 Å². The molecule has 0 bridgehead atoms. The molecule has 128 valence electrons. The maximum atomic E-state index is 12.6. The van der Waals surface area contributed by atoms with Crippen molar-refractivity contribution in [2.45, 2.75) is 12.5 Å². The molecule has 0 radical (unpaired) electrons. The fraction of sp³-hybridized carbons (Fsp3) is 0.100. The highest BCUT2D eigenvalue weighted by Crippen LogP contribution is 2.47. The highest BCUT2D eigenvalue weighted by atomic mass is 16.5. The Morgan fingerprint density at radius 3 is 2.73 bits per heavy atom. The molecule has 0 saturated carbocycles. The van der Waals surface area contributed by atoms with E-state index in [0.29, 0.717) is 22.3 Å². The van der Waals surface area contributed by atoms with Crippen molar-refractivity contribution in [2.75, 3.05) is 0 Å². The van der Waals surface area contributed by atoms with Gasteiger partial charge in [-0.25, -0.2) is 4.79 Å². The van der Waals surface area contributed by atoms with Gasteiger partial charge in [-0.1, -0.05) is 18.2 Å². The lowest BCUT2D eigenvalue weighted by molar-refractivity contribution is -0.137. The molecule has 6 heteroatoms. The van der Waals surface area contributed by atoms with Gasteiger partial charge < -0.3 is 19.9 Å². The number of Topliss-reactive ketones (excluding diaryl/α,β-unsaturated/α-hetero) is 1. The maximum absolute atomic E-state index is 12.6. The fourth-order valence-electron chi connectivity index (χ4n) is 3.89. The quantitative estimate of drug-likeness (QED) is 0.588. The van der Waals surface area contributed by atoms with Gasteiger partial charge in [-0.15, -0.1) is 0 Å². The number of carbonyl (C=O) groups is 2. The summed E-state index contributed by atoms with van der Waals surface area (Å²) < 4.78 is 5.45. The number of ether oxygens (including phenoxy) is 1. The number of carbonyl (C=O) groups excluding carboxylic acids is 2. The number of phenols is 2. The summed E-state index contributed by atoms with van der Waals surface area (Å²) in [5.74, 6) is -1.31. The van der Waals surface area contributed by atoms with Crippen LogP contribution in [0.25, 0.3) is 22.0 Å². The number of aromatic nitrogens is 1. The molecule has 2 aliphatic rings. The number of aromatic hydroxyl groups is 2. The number of phenolic OH excluding ortho intramolecular Hbond substituents is 2. The number of hydrogen-bond donors (Lipinski definition) is 3. The van der Waals surface area contributed by atoms with Gasteiger partial charge in [0.05, 0.1) is 17.6 Å². The van der Waals surface area contributed by atoms with Crippen molar-refractivity contribution in [3.8, 4) is 11.5 Å². The molecule has 3 N–H and O–H groups in total. The molecular formula is C20H13NO5. The van der Waals surface area contributed by atoms with E-state index < -0.39 is 12.1 Å². The number of nitrogens with one attached hydrogen (secondary N) is 1. The first-order valence-electron chi connectivity index (χ1n) is 8.16. The molecule has 0 spiro atoms. The first kappa shape index (κ1) is 14.8. The van der Waals surface area contributed by atoms with E-state index >= 15 is 0 Å². The summed E-state index contributed by atoms with van der Waals surface area (Å²) in [5, 5.41) is 20.9. The maximum Gasteiger partial charge on any atom is 0.339 e. The summed E-state index contributed by atoms with van der Waals surface area (Å²) in [6.07, 6.45) is 0.987. The number of ketones is 1. The Kier molecular flexibility index (Phi) is 2.83. The fourth-order valence-corrected chi connectivity index (χ4v) is 3.89. The lowest BCUT2D eigenvalue weighted by Gasteiger charge is -2.23. The molecule has 0 amide bonds. The van der Waals surface area contributed by atoms with Crippen molar-refractivity contribution in [1.29, 1.82) is 0 Å². The lowest BCUT2D eigenvalue weighted by atomic mass is 9.81. The van der Waals surface area contributed by atoms with Gasteiger partial charge in [0.1, 0.15) is 17.6 Å². The van der Waals surface area contributed by atoms with Gasteiger partial charge in [0, 0.05) is 39.9 Å². The van der Waals surface area contributed by atoms with Crippen LogP contribution >= 0.6 is 0 Å². The predicted molar refractivity (Wildman–Crippen MR) is 93.7 cm³/mol. The first-order chi connectivity index (χ1) is 12.5. The molecule has 1 atom stereocenters. The molecule has 0 saturated heterocycles. The number of esters is 1. The number of fused-ring (bicyclic) bond motifs is 4. The standard InChI is InChI=1S/C20H13NO5/c22-9-5-11-17(14(23)6-9)15(24)7-16-18(11)19(20(25)26-16)12-8-21-13-4-2-1-3-10(12)13/h1-6,8,16,21-23H,7H2. The van der Waals surface area contributed by atoms with Crippen molar-refractivity contribution < 1.29 is 24.5 Å². The minimum absolute atomic E-state index is 0.0295. The summed E-state index contributed by atoms with van der Waals surface area (Å²) in [5.41, 5.74) is 2.88. The minimum Gasteiger partial charge on any atom is -0.508 e. The van der Waals surface area contributed by atoms with Gasteiger partial charge in [-0.2, -0.15) is 0 Å². The van der Waals surface area contributed by atoms with Gasteiger partial charge in [0.15, 0.2) is 5.78 Å². The van der Waals surface area contributed by atoms with E-state index in [1.807, 2.05) is 24.3 Å². The van der Waals surface area contributed by atoms with Crippen LogP contribution in [-0.4, -0.2) is 33.1 Å². The summed E-state index contributed by atoms with van der Waals surface area (Å²) in [6, 6.07) is 10.1. The zero-order valence-electron chi connectivity index (χ0n) is 13.4. The van der Waals surface area contributed by atoms with Crippen LogP contribution in [0, 0.1) is 0 Å². The molecule has 1 aliphatic carbocycles. The highest BCUT2D eigenvalue weighted by molar-refractivity contribution is 6.32. The van der Waals surface area contributed by atoms with Crippen LogP contribution in [-0.2, 0) is 9.53 Å². The number of H-pyrrole nitrogens is 1. The van der Waals surface area contributed by atoms with E-state index in [4.69, 9.17) is 4.74 Å². The average Bonchev–Trinajstić information content (AvgIpc) is 3.14. The number of aromatic amines is 1. The third-order valence-electron chi connectivity index (χ3n) is 4.95. The van der Waals surface area contributed by atoms with Crippen LogP contribution in [0.1, 0.15) is 27.9 Å². The Bertz CT molecular complexity index is 1150. The van der Waals surface area contributed by atoms with Crippen molar-refractivity contribution in [3.63, 3.8) is 0 Å². The molecule has 5 rings (SSSR count). The Labute approximate surface area is 147 Å². The molecular weight excluding hydrogens is 334 g/mol. The number of rotatable bonds is 1. The molecule has 1 unspecified atom stereocenters. The first-order valence-corrected chi connectivity index (χ1v) is 8.16. The largest absolute Gasteiger partial charge is 0.508 e. The number of hydrogen-bond acceptors (Lipinski definition) is 5. The average molecular weight is 347 g/mol. The predicted octanol–water partition coefficient (Wildman–Crippen LogP) is 3.00. The molecule has 6 nitrogen and oxygen atoms in total. The van der Waals surface area contributed by atoms with Crippen molar-refractivity contribution in [2.24, 2.45) is 0 Å². The van der Waals surface area contributed by atoms with Crippen LogP contribution in [0.15, 0.2) is 42.6 Å². The van der Waals surface area contributed by atoms with E-state index in [0.717, 1.165) is 17.0 Å². The van der Waals surface area contributed by atoms with Crippen LogP contribution in [0.2, 0.25) is 0 Å². The Balaban J connectivity index is 1.86. The summed E-state index contributed by atoms with van der Waals surface area (Å²) in [6.45, 7) is 0. The Morgan fingerprint density at radius 1 is 1.08 bits per heavy atom. The summed E-state index contributed by atoms with van der Waals surface area (Å²) >= 11 is 0. The third kappa shape index (κ3) is 1.86. The molecule has 2 aromatic carbocycles. The normalized spacial score (nSPS) is 18.8. The van der Waals surface area contributed by atoms with Crippen molar-refractivity contribution in [3.05, 3.63) is 59.3 Å². The SMILES string of the molecule is O=C1OC2CC(=O)c3c(O)cc(O)cc3C2=C1c1c[nH]c2ccccc12. The van der Waals surface area contributed by atoms with Crippen molar-refractivity contribution in [1.82, 2.24) is 4.98 Å². The van der Waals surface area contributed by atoms with E-state index in [9.17, 15) is 19.8 Å². The van der Waals surface area contributed by atoms with Gasteiger partial charge in [-0.3, -0.25) is 4.79 Å².